The van der Waals surface area contributed by atoms with Crippen molar-refractivity contribution in [3.8, 4) is 11.4 Å². The van der Waals surface area contributed by atoms with Crippen LogP contribution in [0.4, 0.5) is 0 Å². The molecule has 0 bridgehead atoms. The lowest BCUT2D eigenvalue weighted by Crippen LogP contribution is -2.32. The highest BCUT2D eigenvalue weighted by atomic mass is 16.2. The topological polar surface area (TPSA) is 76.1 Å². The molecule has 6 heteroatoms. The lowest BCUT2D eigenvalue weighted by Gasteiger charge is -2.12. The zero-order chi connectivity index (χ0) is 17.2. The summed E-state index contributed by atoms with van der Waals surface area (Å²) in [7, 11) is 0. The fraction of sp³-hybridized carbons (Fsp3) is 0.105. The van der Waals surface area contributed by atoms with Crippen LogP contribution >= 0.6 is 0 Å². The van der Waals surface area contributed by atoms with Crippen molar-refractivity contribution in [1.82, 2.24) is 20.1 Å². The molecule has 1 aliphatic rings. The molecule has 0 radical (unpaired) electrons. The number of amides is 2. The van der Waals surface area contributed by atoms with E-state index >= 15 is 0 Å². The molecule has 0 atom stereocenters. The fourth-order valence-corrected chi connectivity index (χ4v) is 2.80. The highest BCUT2D eigenvalue weighted by Crippen LogP contribution is 2.22. The molecule has 3 aromatic rings. The molecular formula is C19H14N4O2. The average Bonchev–Trinajstić information content (AvgIpc) is 2.92. The molecule has 0 saturated carbocycles. The van der Waals surface area contributed by atoms with E-state index in [4.69, 9.17) is 0 Å². The quantitative estimate of drug-likeness (QED) is 0.687. The van der Waals surface area contributed by atoms with Crippen LogP contribution in [0.1, 0.15) is 26.4 Å². The number of carbonyl (C=O) groups is 2. The van der Waals surface area contributed by atoms with Crippen molar-refractivity contribution in [2.24, 2.45) is 0 Å². The van der Waals surface area contributed by atoms with Crippen molar-refractivity contribution < 1.29 is 9.59 Å². The third kappa shape index (κ3) is 2.78. The van der Waals surface area contributed by atoms with Crippen LogP contribution in [0.2, 0.25) is 0 Å². The minimum atomic E-state index is -0.262. The van der Waals surface area contributed by atoms with E-state index in [-0.39, 0.29) is 18.4 Å². The first-order valence-corrected chi connectivity index (χ1v) is 7.93. The predicted molar refractivity (Wildman–Crippen MR) is 90.8 cm³/mol. The number of hydrogen-bond donors (Lipinski definition) is 0. The first kappa shape index (κ1) is 15.1. The standard InChI is InChI=1S/C19H14N4O2/c24-18-15-8-4-5-9-16(15)19(25)23(18)11-10-14-12-20-17(22-21-14)13-6-2-1-3-7-13/h1-9,12H,10-11H2. The molecule has 6 nitrogen and oxygen atoms in total. The third-order valence-corrected chi connectivity index (χ3v) is 4.11. The van der Waals surface area contributed by atoms with Gasteiger partial charge in [0.1, 0.15) is 0 Å². The maximum Gasteiger partial charge on any atom is 0.261 e. The Hall–Kier alpha value is -3.41. The summed E-state index contributed by atoms with van der Waals surface area (Å²) in [5.74, 6) is 0.0231. The summed E-state index contributed by atoms with van der Waals surface area (Å²) < 4.78 is 0. The highest BCUT2D eigenvalue weighted by Gasteiger charge is 2.34. The van der Waals surface area contributed by atoms with Crippen LogP contribution in [0.5, 0.6) is 0 Å². The molecule has 2 heterocycles. The Morgan fingerprint density at radius 1 is 0.800 bits per heavy atom. The Bertz CT molecular complexity index is 904. The van der Waals surface area contributed by atoms with E-state index in [1.54, 1.807) is 30.5 Å². The minimum absolute atomic E-state index is 0.257. The largest absolute Gasteiger partial charge is 0.274 e. The average molecular weight is 330 g/mol. The van der Waals surface area contributed by atoms with E-state index in [0.717, 1.165) is 5.56 Å². The summed E-state index contributed by atoms with van der Waals surface area (Å²) >= 11 is 0. The van der Waals surface area contributed by atoms with Crippen molar-refractivity contribution in [3.05, 3.63) is 77.6 Å². The van der Waals surface area contributed by atoms with Gasteiger partial charge in [0.15, 0.2) is 5.82 Å². The number of benzene rings is 2. The van der Waals surface area contributed by atoms with Gasteiger partial charge >= 0.3 is 0 Å². The summed E-state index contributed by atoms with van der Waals surface area (Å²) in [5, 5.41) is 8.28. The second-order valence-corrected chi connectivity index (χ2v) is 5.70. The summed E-state index contributed by atoms with van der Waals surface area (Å²) in [6, 6.07) is 16.4. The van der Waals surface area contributed by atoms with E-state index in [9.17, 15) is 9.59 Å². The Balaban J connectivity index is 1.46. The Morgan fingerprint density at radius 3 is 2.04 bits per heavy atom. The van der Waals surface area contributed by atoms with Gasteiger partial charge in [-0.1, -0.05) is 42.5 Å². The second-order valence-electron chi connectivity index (χ2n) is 5.70. The molecule has 0 spiro atoms. The Labute approximate surface area is 144 Å². The number of imide groups is 1. The molecule has 0 fully saturated rings. The monoisotopic (exact) mass is 330 g/mol. The molecule has 0 aliphatic carbocycles. The number of fused-ring (bicyclic) bond motifs is 1. The molecule has 0 unspecified atom stereocenters. The van der Waals surface area contributed by atoms with Crippen LogP contribution in [0.3, 0.4) is 0 Å². The van der Waals surface area contributed by atoms with E-state index in [1.165, 1.54) is 4.90 Å². The summed E-state index contributed by atoms with van der Waals surface area (Å²) in [5.41, 5.74) is 2.44. The van der Waals surface area contributed by atoms with Gasteiger partial charge in [-0.15, -0.1) is 5.10 Å². The van der Waals surface area contributed by atoms with Gasteiger partial charge in [0.2, 0.25) is 0 Å². The van der Waals surface area contributed by atoms with Gasteiger partial charge in [-0.05, 0) is 12.1 Å². The number of nitrogens with zero attached hydrogens (tertiary/aromatic N) is 4. The van der Waals surface area contributed by atoms with Crippen molar-refractivity contribution in [1.29, 1.82) is 0 Å². The van der Waals surface area contributed by atoms with Gasteiger partial charge in [0.05, 0.1) is 23.0 Å². The number of carbonyl (C=O) groups excluding carboxylic acids is 2. The Kier molecular flexibility index (Phi) is 3.78. The summed E-state index contributed by atoms with van der Waals surface area (Å²) in [4.78, 5) is 30.2. The molecule has 25 heavy (non-hydrogen) atoms. The van der Waals surface area contributed by atoms with Crippen LogP contribution in [-0.2, 0) is 6.42 Å². The van der Waals surface area contributed by atoms with Crippen molar-refractivity contribution in [3.63, 3.8) is 0 Å². The second kappa shape index (κ2) is 6.24. The molecule has 4 rings (SSSR count). The molecule has 1 aromatic heterocycles. The lowest BCUT2D eigenvalue weighted by molar-refractivity contribution is 0.0655. The summed E-state index contributed by atoms with van der Waals surface area (Å²) in [6.07, 6.45) is 2.05. The molecular weight excluding hydrogens is 316 g/mol. The maximum absolute atomic E-state index is 12.3. The number of rotatable bonds is 4. The van der Waals surface area contributed by atoms with Crippen molar-refractivity contribution >= 4 is 11.8 Å². The molecule has 2 amide bonds. The first-order chi connectivity index (χ1) is 12.2. The summed E-state index contributed by atoms with van der Waals surface area (Å²) in [6.45, 7) is 0.257. The molecule has 1 aliphatic heterocycles. The minimum Gasteiger partial charge on any atom is -0.274 e. The fourth-order valence-electron chi connectivity index (χ4n) is 2.80. The van der Waals surface area contributed by atoms with Crippen LogP contribution in [-0.4, -0.2) is 38.4 Å². The highest BCUT2D eigenvalue weighted by molar-refractivity contribution is 6.21. The van der Waals surface area contributed by atoms with Gasteiger partial charge in [-0.3, -0.25) is 14.5 Å². The molecule has 122 valence electrons. The van der Waals surface area contributed by atoms with E-state index in [2.05, 4.69) is 15.2 Å². The van der Waals surface area contributed by atoms with Gasteiger partial charge < -0.3 is 0 Å². The Morgan fingerprint density at radius 2 is 1.44 bits per heavy atom. The normalized spacial score (nSPS) is 13.2. The zero-order valence-electron chi connectivity index (χ0n) is 13.3. The van der Waals surface area contributed by atoms with Gasteiger partial charge in [0.25, 0.3) is 11.8 Å². The predicted octanol–water partition coefficient (Wildman–Crippen LogP) is 2.38. The lowest BCUT2D eigenvalue weighted by atomic mass is 10.1. The SMILES string of the molecule is O=C1c2ccccc2C(=O)N1CCc1cnc(-c2ccccc2)nn1. The van der Waals surface area contributed by atoms with Crippen LogP contribution in [0, 0.1) is 0 Å². The van der Waals surface area contributed by atoms with Crippen LogP contribution in [0.15, 0.2) is 60.8 Å². The van der Waals surface area contributed by atoms with E-state index < -0.39 is 0 Å². The van der Waals surface area contributed by atoms with Crippen molar-refractivity contribution in [2.75, 3.05) is 6.54 Å². The van der Waals surface area contributed by atoms with Gasteiger partial charge in [-0.2, -0.15) is 5.10 Å². The van der Waals surface area contributed by atoms with Gasteiger partial charge in [0, 0.05) is 18.5 Å². The van der Waals surface area contributed by atoms with E-state index in [0.29, 0.717) is 29.1 Å². The van der Waals surface area contributed by atoms with E-state index in [1.807, 2.05) is 30.3 Å². The zero-order valence-corrected chi connectivity index (χ0v) is 13.3. The molecule has 0 N–H and O–H groups in total. The molecule has 0 saturated heterocycles. The third-order valence-electron chi connectivity index (χ3n) is 4.11. The first-order valence-electron chi connectivity index (χ1n) is 7.93. The number of aromatic nitrogens is 3. The van der Waals surface area contributed by atoms with Gasteiger partial charge in [-0.25, -0.2) is 4.98 Å². The molecule has 2 aromatic carbocycles. The maximum atomic E-state index is 12.3. The smallest absolute Gasteiger partial charge is 0.261 e. The van der Waals surface area contributed by atoms with Crippen LogP contribution < -0.4 is 0 Å². The van der Waals surface area contributed by atoms with Crippen molar-refractivity contribution in [2.45, 2.75) is 6.42 Å². The van der Waals surface area contributed by atoms with Crippen LogP contribution in [0.25, 0.3) is 11.4 Å². The number of hydrogen-bond acceptors (Lipinski definition) is 5.